The Morgan fingerprint density at radius 3 is 2.70 bits per heavy atom. The van der Waals surface area contributed by atoms with Crippen molar-refractivity contribution in [1.29, 1.82) is 0 Å². The van der Waals surface area contributed by atoms with Crippen LogP contribution >= 0.6 is 0 Å². The summed E-state index contributed by atoms with van der Waals surface area (Å²) in [5, 5.41) is 15.5. The van der Waals surface area contributed by atoms with Crippen LogP contribution in [0.2, 0.25) is 0 Å². The predicted octanol–water partition coefficient (Wildman–Crippen LogP) is 4.30. The molecule has 0 aliphatic heterocycles. The van der Waals surface area contributed by atoms with Crippen LogP contribution in [-0.4, -0.2) is 24.0 Å². The third-order valence-corrected chi connectivity index (χ3v) is 3.99. The third-order valence-electron chi connectivity index (χ3n) is 3.99. The molecule has 0 aliphatic rings. The quantitative estimate of drug-likeness (QED) is 0.507. The van der Waals surface area contributed by atoms with Gasteiger partial charge in [0.25, 0.3) is 0 Å². The van der Waals surface area contributed by atoms with Gasteiger partial charge in [-0.05, 0) is 44.1 Å². The predicted molar refractivity (Wildman–Crippen MR) is 96.5 cm³/mol. The van der Waals surface area contributed by atoms with E-state index in [1.807, 2.05) is 24.3 Å². The zero-order chi connectivity index (χ0) is 16.5. The molecule has 0 aromatic heterocycles. The maximum atomic E-state index is 9.93. The third kappa shape index (κ3) is 5.85. The lowest BCUT2D eigenvalue weighted by atomic mass is 10.1. The van der Waals surface area contributed by atoms with Gasteiger partial charge in [-0.15, -0.1) is 0 Å². The number of rotatable bonds is 10. The Hall–Kier alpha value is -1.58. The Kier molecular flexibility index (Phi) is 7.37. The number of nitrogens with one attached hydrogen (secondary N) is 1. The van der Waals surface area contributed by atoms with Gasteiger partial charge in [-0.1, -0.05) is 49.7 Å². The molecular formula is C20H28NO2. The summed E-state index contributed by atoms with van der Waals surface area (Å²) in [6, 6.07) is 14.7. The Morgan fingerprint density at radius 1 is 1.09 bits per heavy atom. The fourth-order valence-corrected chi connectivity index (χ4v) is 2.74. The Morgan fingerprint density at radius 2 is 1.87 bits per heavy atom. The highest BCUT2D eigenvalue weighted by molar-refractivity contribution is 5.88. The van der Waals surface area contributed by atoms with Crippen molar-refractivity contribution in [3.05, 3.63) is 49.4 Å². The zero-order valence-electron chi connectivity index (χ0n) is 14.0. The van der Waals surface area contributed by atoms with Crippen LogP contribution in [0.15, 0.2) is 42.5 Å². The number of fused-ring (bicyclic) bond motifs is 1. The highest BCUT2D eigenvalue weighted by Crippen LogP contribution is 2.25. The molecule has 2 aromatic carbocycles. The number of aliphatic hydroxyl groups is 1. The average Bonchev–Trinajstić information content (AvgIpc) is 2.55. The molecule has 2 unspecified atom stereocenters. The van der Waals surface area contributed by atoms with Gasteiger partial charge >= 0.3 is 0 Å². The van der Waals surface area contributed by atoms with Crippen LogP contribution in [0.4, 0.5) is 0 Å². The molecule has 3 nitrogen and oxygen atoms in total. The second kappa shape index (κ2) is 9.53. The SMILES string of the molecule is [CH2]CCC(C)NC(O)CCCCOc1cccc2ccccc12. The van der Waals surface area contributed by atoms with E-state index < -0.39 is 6.23 Å². The van der Waals surface area contributed by atoms with Crippen LogP contribution in [0.1, 0.15) is 39.0 Å². The van der Waals surface area contributed by atoms with Crippen molar-refractivity contribution in [2.24, 2.45) is 0 Å². The second-order valence-corrected chi connectivity index (χ2v) is 6.05. The topological polar surface area (TPSA) is 41.5 Å². The van der Waals surface area contributed by atoms with Crippen molar-refractivity contribution in [2.75, 3.05) is 6.61 Å². The van der Waals surface area contributed by atoms with Gasteiger partial charge in [0, 0.05) is 11.4 Å². The number of benzene rings is 2. The van der Waals surface area contributed by atoms with Gasteiger partial charge in [-0.3, -0.25) is 5.32 Å². The summed E-state index contributed by atoms with van der Waals surface area (Å²) in [4.78, 5) is 0. The second-order valence-electron chi connectivity index (χ2n) is 6.05. The molecule has 0 spiro atoms. The van der Waals surface area contributed by atoms with Crippen LogP contribution in [-0.2, 0) is 0 Å². The van der Waals surface area contributed by atoms with Gasteiger partial charge in [-0.2, -0.15) is 0 Å². The molecule has 2 aromatic rings. The monoisotopic (exact) mass is 314 g/mol. The van der Waals surface area contributed by atoms with Gasteiger partial charge < -0.3 is 9.84 Å². The Bertz CT molecular complexity index is 579. The maximum Gasteiger partial charge on any atom is 0.127 e. The first kappa shape index (κ1) is 17.8. The summed E-state index contributed by atoms with van der Waals surface area (Å²) >= 11 is 0. The van der Waals surface area contributed by atoms with Crippen molar-refractivity contribution in [3.63, 3.8) is 0 Å². The van der Waals surface area contributed by atoms with E-state index in [1.165, 1.54) is 5.39 Å². The molecule has 0 fully saturated rings. The minimum Gasteiger partial charge on any atom is -0.493 e. The fourth-order valence-electron chi connectivity index (χ4n) is 2.74. The largest absolute Gasteiger partial charge is 0.493 e. The van der Waals surface area contributed by atoms with Crippen molar-refractivity contribution in [2.45, 2.75) is 51.3 Å². The number of unbranched alkanes of at least 4 members (excludes halogenated alkanes) is 1. The molecule has 3 heteroatoms. The molecule has 23 heavy (non-hydrogen) atoms. The lowest BCUT2D eigenvalue weighted by Crippen LogP contribution is -2.36. The zero-order valence-corrected chi connectivity index (χ0v) is 14.0. The van der Waals surface area contributed by atoms with E-state index in [1.54, 1.807) is 0 Å². The van der Waals surface area contributed by atoms with Crippen LogP contribution < -0.4 is 10.1 Å². The van der Waals surface area contributed by atoms with Gasteiger partial charge in [0.2, 0.25) is 0 Å². The van der Waals surface area contributed by atoms with Crippen LogP contribution in [0.5, 0.6) is 5.75 Å². The molecule has 0 bridgehead atoms. The standard InChI is InChI=1S/C20H28NO2/c1-3-9-16(2)21-20(22)14-6-7-15-23-19-13-8-11-17-10-4-5-12-18(17)19/h4-5,8,10-13,16,20-22H,1,3,6-7,9,14-15H2,2H3. The van der Waals surface area contributed by atoms with Crippen molar-refractivity contribution < 1.29 is 9.84 Å². The van der Waals surface area contributed by atoms with Crippen molar-refractivity contribution in [1.82, 2.24) is 5.32 Å². The van der Waals surface area contributed by atoms with E-state index in [2.05, 4.69) is 37.4 Å². The molecule has 0 saturated carbocycles. The van der Waals surface area contributed by atoms with Gasteiger partial charge in [0.15, 0.2) is 0 Å². The first-order chi connectivity index (χ1) is 11.2. The maximum absolute atomic E-state index is 9.93. The van der Waals surface area contributed by atoms with Gasteiger partial charge in [0.05, 0.1) is 6.61 Å². The minimum atomic E-state index is -0.436. The summed E-state index contributed by atoms with van der Waals surface area (Å²) in [6.07, 6.45) is 4.07. The lowest BCUT2D eigenvalue weighted by molar-refractivity contribution is 0.109. The van der Waals surface area contributed by atoms with Crippen LogP contribution in [0, 0.1) is 6.92 Å². The molecule has 0 aliphatic carbocycles. The molecule has 125 valence electrons. The Labute approximate surface area is 139 Å². The first-order valence-corrected chi connectivity index (χ1v) is 8.54. The lowest BCUT2D eigenvalue weighted by Gasteiger charge is -2.18. The van der Waals surface area contributed by atoms with E-state index in [4.69, 9.17) is 4.74 Å². The normalized spacial score (nSPS) is 13.9. The summed E-state index contributed by atoms with van der Waals surface area (Å²) < 4.78 is 5.91. The summed E-state index contributed by atoms with van der Waals surface area (Å²) in [7, 11) is 0. The summed E-state index contributed by atoms with van der Waals surface area (Å²) in [5.74, 6) is 0.936. The number of hydrogen-bond acceptors (Lipinski definition) is 3. The highest BCUT2D eigenvalue weighted by Gasteiger charge is 2.08. The molecule has 2 N–H and O–H groups in total. The van der Waals surface area contributed by atoms with Gasteiger partial charge in [-0.25, -0.2) is 0 Å². The summed E-state index contributed by atoms with van der Waals surface area (Å²) in [5.41, 5.74) is 0. The van der Waals surface area contributed by atoms with Crippen LogP contribution in [0.3, 0.4) is 0 Å². The molecular weight excluding hydrogens is 286 g/mol. The molecule has 2 atom stereocenters. The number of hydrogen-bond donors (Lipinski definition) is 2. The van der Waals surface area contributed by atoms with Crippen molar-refractivity contribution >= 4 is 10.8 Å². The molecule has 0 heterocycles. The number of aliphatic hydroxyl groups excluding tert-OH is 1. The van der Waals surface area contributed by atoms with E-state index in [9.17, 15) is 5.11 Å². The Balaban J connectivity index is 1.69. The van der Waals surface area contributed by atoms with E-state index in [0.717, 1.165) is 43.2 Å². The fraction of sp³-hybridized carbons (Fsp3) is 0.450. The van der Waals surface area contributed by atoms with E-state index in [-0.39, 0.29) is 0 Å². The molecule has 2 rings (SSSR count). The van der Waals surface area contributed by atoms with Crippen molar-refractivity contribution in [3.8, 4) is 5.75 Å². The minimum absolute atomic E-state index is 0.314. The highest BCUT2D eigenvalue weighted by atomic mass is 16.5. The first-order valence-electron chi connectivity index (χ1n) is 8.54. The van der Waals surface area contributed by atoms with E-state index >= 15 is 0 Å². The number of ether oxygens (including phenoxy) is 1. The molecule has 0 saturated heterocycles. The van der Waals surface area contributed by atoms with Gasteiger partial charge in [0.1, 0.15) is 12.0 Å². The molecule has 0 amide bonds. The molecule has 1 radical (unpaired) electrons. The van der Waals surface area contributed by atoms with E-state index in [0.29, 0.717) is 12.6 Å². The van der Waals surface area contributed by atoms with Crippen LogP contribution in [0.25, 0.3) is 10.8 Å². The smallest absolute Gasteiger partial charge is 0.127 e. The average molecular weight is 314 g/mol. The summed E-state index contributed by atoms with van der Waals surface area (Å²) in [6.45, 7) is 6.59.